The van der Waals surface area contributed by atoms with Gasteiger partial charge in [-0.1, -0.05) is 13.8 Å². The Morgan fingerprint density at radius 1 is 1.26 bits per heavy atom. The van der Waals surface area contributed by atoms with E-state index < -0.39 is 0 Å². The van der Waals surface area contributed by atoms with Gasteiger partial charge >= 0.3 is 0 Å². The number of nitrogens with zero attached hydrogens (tertiary/aromatic N) is 3. The Balaban J connectivity index is 1.50. The van der Waals surface area contributed by atoms with Gasteiger partial charge in [0.05, 0.1) is 31.8 Å². The Morgan fingerprint density at radius 2 is 2.07 bits per heavy atom. The molecular weight excluding hydrogens is 346 g/mol. The Bertz CT molecular complexity index is 782. The first-order valence-electron chi connectivity index (χ1n) is 9.42. The molecule has 4 heterocycles. The smallest absolute Gasteiger partial charge is 0.257 e. The normalized spacial score (nSPS) is 23.8. The highest BCUT2D eigenvalue weighted by atomic mass is 16.5. The van der Waals surface area contributed by atoms with Gasteiger partial charge in [-0.15, -0.1) is 0 Å². The van der Waals surface area contributed by atoms with Crippen molar-refractivity contribution < 1.29 is 18.4 Å². The van der Waals surface area contributed by atoms with Crippen LogP contribution in [0.4, 0.5) is 0 Å². The molecule has 1 fully saturated rings. The third kappa shape index (κ3) is 3.84. The molecule has 0 aromatic carbocycles. The van der Waals surface area contributed by atoms with Gasteiger partial charge in [-0.25, -0.2) is 5.01 Å². The number of morpholine rings is 1. The molecule has 1 saturated heterocycles. The Kier molecular flexibility index (Phi) is 5.13. The maximum Gasteiger partial charge on any atom is 0.257 e. The van der Waals surface area contributed by atoms with E-state index in [1.165, 1.54) is 0 Å². The van der Waals surface area contributed by atoms with Crippen molar-refractivity contribution in [2.24, 2.45) is 11.0 Å². The summed E-state index contributed by atoms with van der Waals surface area (Å²) in [5, 5.41) is 6.13. The van der Waals surface area contributed by atoms with E-state index in [1.54, 1.807) is 17.5 Å². The molecular formula is C20H25N3O4. The maximum absolute atomic E-state index is 13.1. The average Bonchev–Trinajstić information content (AvgIpc) is 3.41. The van der Waals surface area contributed by atoms with E-state index in [0.717, 1.165) is 24.6 Å². The van der Waals surface area contributed by atoms with Crippen LogP contribution in [0, 0.1) is 5.92 Å². The summed E-state index contributed by atoms with van der Waals surface area (Å²) in [6.45, 7) is 6.77. The summed E-state index contributed by atoms with van der Waals surface area (Å²) in [6, 6.07) is 7.16. The van der Waals surface area contributed by atoms with Crippen molar-refractivity contribution in [2.45, 2.75) is 32.4 Å². The largest absolute Gasteiger partial charge is 0.467 e. The number of hydrogen-bond acceptors (Lipinski definition) is 6. The van der Waals surface area contributed by atoms with E-state index in [1.807, 2.05) is 24.3 Å². The lowest BCUT2D eigenvalue weighted by Gasteiger charge is -2.35. The lowest BCUT2D eigenvalue weighted by Crippen LogP contribution is -2.48. The van der Waals surface area contributed by atoms with E-state index in [-0.39, 0.29) is 18.1 Å². The van der Waals surface area contributed by atoms with Gasteiger partial charge in [-0.05, 0) is 30.2 Å². The highest BCUT2D eigenvalue weighted by Crippen LogP contribution is 2.33. The molecule has 0 aliphatic carbocycles. The fraction of sp³-hybridized carbons (Fsp3) is 0.500. The van der Waals surface area contributed by atoms with Crippen LogP contribution in [0.5, 0.6) is 0 Å². The second kappa shape index (κ2) is 7.70. The van der Waals surface area contributed by atoms with Crippen LogP contribution in [0.15, 0.2) is 50.7 Å². The summed E-state index contributed by atoms with van der Waals surface area (Å²) in [4.78, 5) is 15.2. The van der Waals surface area contributed by atoms with Crippen molar-refractivity contribution >= 4 is 11.6 Å². The fourth-order valence-electron chi connectivity index (χ4n) is 3.58. The van der Waals surface area contributed by atoms with Gasteiger partial charge in [-0.2, -0.15) is 5.10 Å². The molecule has 2 aromatic heterocycles. The van der Waals surface area contributed by atoms with Crippen molar-refractivity contribution in [3.63, 3.8) is 0 Å². The first-order valence-corrected chi connectivity index (χ1v) is 9.42. The van der Waals surface area contributed by atoms with Crippen LogP contribution in [-0.4, -0.2) is 53.9 Å². The molecule has 27 heavy (non-hydrogen) atoms. The highest BCUT2D eigenvalue weighted by molar-refractivity contribution is 6.01. The number of carbonyl (C=O) groups excluding carboxylic acids is 1. The third-order valence-electron chi connectivity index (χ3n) is 5.12. The molecule has 0 unspecified atom stereocenters. The maximum atomic E-state index is 13.1. The number of amides is 1. The van der Waals surface area contributed by atoms with Gasteiger partial charge in [0.25, 0.3) is 5.91 Å². The van der Waals surface area contributed by atoms with E-state index >= 15 is 0 Å². The minimum absolute atomic E-state index is 0.0395. The highest BCUT2D eigenvalue weighted by Gasteiger charge is 2.36. The van der Waals surface area contributed by atoms with E-state index in [0.29, 0.717) is 31.3 Å². The summed E-state index contributed by atoms with van der Waals surface area (Å²) in [7, 11) is 0. The zero-order chi connectivity index (χ0) is 18.8. The van der Waals surface area contributed by atoms with Crippen molar-refractivity contribution in [1.82, 2.24) is 9.91 Å². The standard InChI is InChI=1S/C20H25N3O4/c1-14(2)19-12-22(7-10-27-19)13-20(24)23-16(18-6-4-9-26-18)11-15(21-23)17-5-3-8-25-17/h3-6,8-9,14,16,19H,7,10-13H2,1-2H3/t16-,19-/m1/s1. The summed E-state index contributed by atoms with van der Waals surface area (Å²) >= 11 is 0. The summed E-state index contributed by atoms with van der Waals surface area (Å²) in [6.07, 6.45) is 3.97. The van der Waals surface area contributed by atoms with Crippen LogP contribution in [0.2, 0.25) is 0 Å². The predicted molar refractivity (Wildman–Crippen MR) is 99.2 cm³/mol. The topological polar surface area (TPSA) is 71.4 Å². The zero-order valence-electron chi connectivity index (χ0n) is 15.7. The van der Waals surface area contributed by atoms with Gasteiger partial charge in [0.1, 0.15) is 23.3 Å². The molecule has 0 bridgehead atoms. The van der Waals surface area contributed by atoms with Crippen LogP contribution in [0.25, 0.3) is 0 Å². The summed E-state index contributed by atoms with van der Waals surface area (Å²) < 4.78 is 16.8. The van der Waals surface area contributed by atoms with Crippen LogP contribution < -0.4 is 0 Å². The van der Waals surface area contributed by atoms with E-state index in [9.17, 15) is 4.79 Å². The molecule has 7 heteroatoms. The molecule has 0 N–H and O–H groups in total. The number of ether oxygens (including phenoxy) is 1. The summed E-state index contributed by atoms with van der Waals surface area (Å²) in [5.74, 6) is 1.81. The fourth-order valence-corrected chi connectivity index (χ4v) is 3.58. The zero-order valence-corrected chi connectivity index (χ0v) is 15.7. The Labute approximate surface area is 158 Å². The third-order valence-corrected chi connectivity index (χ3v) is 5.12. The summed E-state index contributed by atoms with van der Waals surface area (Å²) in [5.41, 5.74) is 0.761. The Hall–Kier alpha value is -2.38. The lowest BCUT2D eigenvalue weighted by molar-refractivity contribution is -0.137. The molecule has 4 rings (SSSR count). The quantitative estimate of drug-likeness (QED) is 0.808. The van der Waals surface area contributed by atoms with Crippen molar-refractivity contribution in [2.75, 3.05) is 26.2 Å². The Morgan fingerprint density at radius 3 is 2.78 bits per heavy atom. The number of furan rings is 2. The molecule has 0 spiro atoms. The molecule has 2 aliphatic rings. The van der Waals surface area contributed by atoms with Crippen LogP contribution >= 0.6 is 0 Å². The first-order chi connectivity index (χ1) is 13.1. The van der Waals surface area contributed by atoms with Gasteiger partial charge in [0.15, 0.2) is 0 Å². The van der Waals surface area contributed by atoms with Crippen LogP contribution in [-0.2, 0) is 9.53 Å². The second-order valence-electron chi connectivity index (χ2n) is 7.39. The average molecular weight is 371 g/mol. The number of hydrogen-bond donors (Lipinski definition) is 0. The van der Waals surface area contributed by atoms with E-state index in [2.05, 4.69) is 23.8 Å². The lowest BCUT2D eigenvalue weighted by atomic mass is 10.1. The molecule has 0 saturated carbocycles. The molecule has 0 radical (unpaired) electrons. The van der Waals surface area contributed by atoms with Crippen LogP contribution in [0.3, 0.4) is 0 Å². The molecule has 2 atom stereocenters. The molecule has 144 valence electrons. The van der Waals surface area contributed by atoms with Crippen molar-refractivity contribution in [1.29, 1.82) is 0 Å². The number of rotatable bonds is 5. The number of hydrazone groups is 1. The molecule has 1 amide bonds. The van der Waals surface area contributed by atoms with Gasteiger partial charge in [0.2, 0.25) is 0 Å². The molecule has 2 aliphatic heterocycles. The predicted octanol–water partition coefficient (Wildman–Crippen LogP) is 2.91. The van der Waals surface area contributed by atoms with Crippen molar-refractivity contribution in [3.8, 4) is 0 Å². The van der Waals surface area contributed by atoms with Crippen molar-refractivity contribution in [3.05, 3.63) is 48.3 Å². The minimum atomic E-state index is -0.241. The SMILES string of the molecule is CC(C)[C@H]1CN(CC(=O)N2N=C(c3ccco3)C[C@@H]2c2ccco2)CCO1. The second-order valence-corrected chi connectivity index (χ2v) is 7.39. The first kappa shape index (κ1) is 18.0. The number of carbonyl (C=O) groups is 1. The molecule has 7 nitrogen and oxygen atoms in total. The molecule has 2 aromatic rings. The monoisotopic (exact) mass is 371 g/mol. The van der Waals surface area contributed by atoms with Gasteiger partial charge < -0.3 is 13.6 Å². The van der Waals surface area contributed by atoms with Gasteiger partial charge in [-0.3, -0.25) is 9.69 Å². The van der Waals surface area contributed by atoms with Crippen LogP contribution in [0.1, 0.15) is 37.8 Å². The van der Waals surface area contributed by atoms with Gasteiger partial charge in [0, 0.05) is 19.5 Å². The van der Waals surface area contributed by atoms with E-state index in [4.69, 9.17) is 13.6 Å². The minimum Gasteiger partial charge on any atom is -0.467 e.